The number of benzene rings is 2. The molecular formula is C17H18. The van der Waals surface area contributed by atoms with Gasteiger partial charge in [-0.1, -0.05) is 61.4 Å². The van der Waals surface area contributed by atoms with E-state index < -0.39 is 0 Å². The fourth-order valence-electron chi connectivity index (χ4n) is 2.80. The first-order chi connectivity index (χ1) is 8.38. The van der Waals surface area contributed by atoms with Gasteiger partial charge in [-0.25, -0.2) is 0 Å². The maximum atomic E-state index is 2.41. The van der Waals surface area contributed by atoms with E-state index >= 15 is 0 Å². The molecule has 0 nitrogen and oxygen atoms in total. The van der Waals surface area contributed by atoms with Gasteiger partial charge < -0.3 is 0 Å². The van der Waals surface area contributed by atoms with Crippen molar-refractivity contribution in [1.29, 1.82) is 0 Å². The summed E-state index contributed by atoms with van der Waals surface area (Å²) >= 11 is 0. The lowest BCUT2D eigenvalue weighted by atomic mass is 9.87. The summed E-state index contributed by atoms with van der Waals surface area (Å²) in [5.74, 6) is 0. The van der Waals surface area contributed by atoms with Gasteiger partial charge >= 0.3 is 0 Å². The number of rotatable bonds is 3. The minimum Gasteiger partial charge on any atom is -0.0654 e. The highest BCUT2D eigenvalue weighted by atomic mass is 14.2. The minimum absolute atomic E-state index is 1.15. The molecule has 0 saturated carbocycles. The molecule has 0 heteroatoms. The monoisotopic (exact) mass is 222 g/mol. The van der Waals surface area contributed by atoms with Crippen molar-refractivity contribution in [3.8, 4) is 0 Å². The molecule has 2 aromatic carbocycles. The zero-order chi connectivity index (χ0) is 11.7. The van der Waals surface area contributed by atoms with Gasteiger partial charge in [-0.15, -0.1) is 0 Å². The minimum atomic E-state index is 1.15. The first-order valence-electron chi connectivity index (χ1n) is 6.58. The lowest BCUT2D eigenvalue weighted by Gasteiger charge is -2.17. The fraction of sp³-hybridized carbons (Fsp3) is 0.294. The van der Waals surface area contributed by atoms with Gasteiger partial charge in [-0.3, -0.25) is 0 Å². The largest absolute Gasteiger partial charge is 0.0654 e. The fourth-order valence-corrected chi connectivity index (χ4v) is 2.80. The number of unbranched alkanes of at least 4 members (excludes halogenated alkanes) is 1. The van der Waals surface area contributed by atoms with Crippen molar-refractivity contribution in [3.63, 3.8) is 0 Å². The summed E-state index contributed by atoms with van der Waals surface area (Å²) in [6.45, 7) is 2.26. The molecule has 2 aromatic rings. The molecule has 1 aliphatic rings. The van der Waals surface area contributed by atoms with Crippen LogP contribution in [0.15, 0.2) is 42.0 Å². The van der Waals surface area contributed by atoms with E-state index in [0.717, 1.165) is 6.42 Å². The second kappa shape index (κ2) is 4.37. The van der Waals surface area contributed by atoms with Crippen LogP contribution in [-0.2, 0) is 6.42 Å². The summed E-state index contributed by atoms with van der Waals surface area (Å²) in [6.07, 6.45) is 7.40. The van der Waals surface area contributed by atoms with Crippen LogP contribution in [0.5, 0.6) is 0 Å². The molecule has 17 heavy (non-hydrogen) atoms. The number of allylic oxidation sites excluding steroid dienone is 1. The van der Waals surface area contributed by atoms with E-state index in [-0.39, 0.29) is 0 Å². The first kappa shape index (κ1) is 10.6. The standard InChI is InChI=1S/C17H18/c1-2-3-6-13-11-15-9-4-7-14-8-5-10-16(12-13)17(14)15/h4-5,7-11H,2-3,6,12H2,1H3. The Hall–Kier alpha value is -1.56. The molecule has 3 rings (SSSR count). The van der Waals surface area contributed by atoms with Gasteiger partial charge in [0.1, 0.15) is 0 Å². The van der Waals surface area contributed by atoms with Gasteiger partial charge in [0.2, 0.25) is 0 Å². The molecule has 0 bridgehead atoms. The van der Waals surface area contributed by atoms with Crippen LogP contribution in [0.25, 0.3) is 16.8 Å². The van der Waals surface area contributed by atoms with Crippen molar-refractivity contribution in [2.24, 2.45) is 0 Å². The van der Waals surface area contributed by atoms with Gasteiger partial charge in [0.05, 0.1) is 0 Å². The quantitative estimate of drug-likeness (QED) is 0.687. The van der Waals surface area contributed by atoms with Gasteiger partial charge in [0, 0.05) is 0 Å². The highest BCUT2D eigenvalue weighted by Gasteiger charge is 2.12. The van der Waals surface area contributed by atoms with E-state index in [0.29, 0.717) is 0 Å². The van der Waals surface area contributed by atoms with E-state index in [1.165, 1.54) is 41.2 Å². The van der Waals surface area contributed by atoms with Gasteiger partial charge in [0.25, 0.3) is 0 Å². The van der Waals surface area contributed by atoms with E-state index in [9.17, 15) is 0 Å². The summed E-state index contributed by atoms with van der Waals surface area (Å²) < 4.78 is 0. The highest BCUT2D eigenvalue weighted by Crippen LogP contribution is 2.32. The number of hydrogen-bond donors (Lipinski definition) is 0. The second-order valence-corrected chi connectivity index (χ2v) is 4.95. The average Bonchev–Trinajstić information content (AvgIpc) is 2.37. The van der Waals surface area contributed by atoms with Crippen LogP contribution in [0.1, 0.15) is 37.3 Å². The molecule has 0 radical (unpaired) electrons. The molecule has 0 N–H and O–H groups in total. The molecule has 0 aromatic heterocycles. The Bertz CT molecular complexity index is 570. The van der Waals surface area contributed by atoms with Crippen LogP contribution in [0, 0.1) is 0 Å². The lowest BCUT2D eigenvalue weighted by molar-refractivity contribution is 0.775. The Balaban J connectivity index is 2.09. The first-order valence-corrected chi connectivity index (χ1v) is 6.58. The van der Waals surface area contributed by atoms with Crippen molar-refractivity contribution >= 4 is 16.8 Å². The molecule has 0 amide bonds. The van der Waals surface area contributed by atoms with Gasteiger partial charge in [0.15, 0.2) is 0 Å². The molecule has 86 valence electrons. The molecule has 0 spiro atoms. The molecule has 0 atom stereocenters. The topological polar surface area (TPSA) is 0 Å². The molecule has 0 saturated heterocycles. The molecule has 0 fully saturated rings. The SMILES string of the molecule is CCCCC1=Cc2cccc3cccc(c23)C1. The van der Waals surface area contributed by atoms with Crippen LogP contribution >= 0.6 is 0 Å². The third kappa shape index (κ3) is 1.88. The number of hydrogen-bond acceptors (Lipinski definition) is 0. The zero-order valence-electron chi connectivity index (χ0n) is 10.4. The Morgan fingerprint density at radius 1 is 1.06 bits per heavy atom. The molecule has 0 heterocycles. The van der Waals surface area contributed by atoms with Crippen molar-refractivity contribution < 1.29 is 0 Å². The van der Waals surface area contributed by atoms with Gasteiger partial charge in [-0.05, 0) is 41.2 Å². The predicted molar refractivity (Wildman–Crippen MR) is 75.2 cm³/mol. The van der Waals surface area contributed by atoms with Gasteiger partial charge in [-0.2, -0.15) is 0 Å². The van der Waals surface area contributed by atoms with E-state index in [1.54, 1.807) is 5.57 Å². The molecule has 0 unspecified atom stereocenters. The summed E-state index contributed by atoms with van der Waals surface area (Å²) in [5.41, 5.74) is 4.51. The summed E-state index contributed by atoms with van der Waals surface area (Å²) in [4.78, 5) is 0. The van der Waals surface area contributed by atoms with E-state index in [4.69, 9.17) is 0 Å². The zero-order valence-corrected chi connectivity index (χ0v) is 10.4. The normalized spacial score (nSPS) is 13.8. The third-order valence-corrected chi connectivity index (χ3v) is 3.65. The Labute approximate surface area is 103 Å². The van der Waals surface area contributed by atoms with Crippen molar-refractivity contribution in [2.45, 2.75) is 32.6 Å². The van der Waals surface area contributed by atoms with Crippen LogP contribution < -0.4 is 0 Å². The van der Waals surface area contributed by atoms with Crippen LogP contribution in [0.3, 0.4) is 0 Å². The Kier molecular flexibility index (Phi) is 2.72. The third-order valence-electron chi connectivity index (χ3n) is 3.65. The molecule has 1 aliphatic carbocycles. The van der Waals surface area contributed by atoms with Crippen LogP contribution in [0.4, 0.5) is 0 Å². The summed E-state index contributed by atoms with van der Waals surface area (Å²) in [7, 11) is 0. The van der Waals surface area contributed by atoms with Crippen LogP contribution in [-0.4, -0.2) is 0 Å². The van der Waals surface area contributed by atoms with Crippen molar-refractivity contribution in [3.05, 3.63) is 53.1 Å². The maximum Gasteiger partial charge on any atom is -0.00574 e. The Morgan fingerprint density at radius 2 is 1.88 bits per heavy atom. The molecular weight excluding hydrogens is 204 g/mol. The Morgan fingerprint density at radius 3 is 2.71 bits per heavy atom. The van der Waals surface area contributed by atoms with E-state index in [2.05, 4.69) is 49.4 Å². The summed E-state index contributed by atoms with van der Waals surface area (Å²) in [5, 5.41) is 2.85. The molecule has 0 aliphatic heterocycles. The highest BCUT2D eigenvalue weighted by molar-refractivity contribution is 5.95. The van der Waals surface area contributed by atoms with Crippen molar-refractivity contribution in [2.75, 3.05) is 0 Å². The lowest BCUT2D eigenvalue weighted by Crippen LogP contribution is -1.99. The smallest absolute Gasteiger partial charge is 0.00574 e. The predicted octanol–water partition coefficient (Wildman–Crippen LogP) is 4.97. The summed E-state index contributed by atoms with van der Waals surface area (Å²) in [6, 6.07) is 13.3. The second-order valence-electron chi connectivity index (χ2n) is 4.95. The van der Waals surface area contributed by atoms with Crippen molar-refractivity contribution in [1.82, 2.24) is 0 Å². The van der Waals surface area contributed by atoms with E-state index in [1.807, 2.05) is 0 Å². The van der Waals surface area contributed by atoms with Crippen LogP contribution in [0.2, 0.25) is 0 Å². The average molecular weight is 222 g/mol. The maximum absolute atomic E-state index is 2.41.